The van der Waals surface area contributed by atoms with Crippen LogP contribution in [0.2, 0.25) is 0 Å². The van der Waals surface area contributed by atoms with E-state index in [0.29, 0.717) is 0 Å². The van der Waals surface area contributed by atoms with Crippen molar-refractivity contribution < 1.29 is 4.74 Å². The number of thiophene rings is 1. The fraction of sp³-hybridized carbons (Fsp3) is 0.100. The van der Waals surface area contributed by atoms with E-state index in [4.69, 9.17) is 4.74 Å². The van der Waals surface area contributed by atoms with Crippen LogP contribution in [0.15, 0.2) is 35.2 Å². The van der Waals surface area contributed by atoms with Crippen molar-refractivity contribution in [2.45, 2.75) is 6.92 Å². The predicted octanol–water partition coefficient (Wildman–Crippen LogP) is 3.24. The van der Waals surface area contributed by atoms with Crippen LogP contribution in [0.25, 0.3) is 0 Å². The first-order valence-corrected chi connectivity index (χ1v) is 4.92. The highest BCUT2D eigenvalue weighted by molar-refractivity contribution is 7.08. The van der Waals surface area contributed by atoms with E-state index in [1.165, 1.54) is 0 Å². The van der Waals surface area contributed by atoms with E-state index in [9.17, 15) is 0 Å². The molecule has 0 amide bonds. The molecule has 0 radical (unpaired) electrons. The highest BCUT2D eigenvalue weighted by Gasteiger charge is 2.00. The highest BCUT2D eigenvalue weighted by Crippen LogP contribution is 2.24. The number of ether oxygens (including phenoxy) is 1. The molecule has 0 unspecified atom stereocenters. The average Bonchev–Trinajstić information content (AvgIpc) is 2.61. The van der Waals surface area contributed by atoms with Gasteiger partial charge >= 0.3 is 0 Å². The molecule has 0 saturated heterocycles. The van der Waals surface area contributed by atoms with Gasteiger partial charge in [-0.2, -0.15) is 0 Å². The number of aryl methyl sites for hydroxylation is 1. The zero-order valence-corrected chi connectivity index (χ0v) is 8.04. The standard InChI is InChI=1S/C10H9NOS/c1-8-10(3-2-5-11-8)12-9-4-6-13-7-9/h2-7H,1H3. The van der Waals surface area contributed by atoms with Crippen molar-refractivity contribution in [2.24, 2.45) is 0 Å². The molecule has 2 aromatic rings. The lowest BCUT2D eigenvalue weighted by molar-refractivity contribution is 0.478. The van der Waals surface area contributed by atoms with Gasteiger partial charge < -0.3 is 4.74 Å². The lowest BCUT2D eigenvalue weighted by atomic mass is 10.3. The number of nitrogens with zero attached hydrogens (tertiary/aromatic N) is 1. The number of hydrogen-bond donors (Lipinski definition) is 0. The number of hydrogen-bond acceptors (Lipinski definition) is 3. The monoisotopic (exact) mass is 191 g/mol. The summed E-state index contributed by atoms with van der Waals surface area (Å²) in [7, 11) is 0. The minimum atomic E-state index is 0.820. The van der Waals surface area contributed by atoms with Crippen molar-refractivity contribution >= 4 is 11.3 Å². The summed E-state index contributed by atoms with van der Waals surface area (Å²) in [4.78, 5) is 4.14. The van der Waals surface area contributed by atoms with Gasteiger partial charge in [0, 0.05) is 11.6 Å². The summed E-state index contributed by atoms with van der Waals surface area (Å²) >= 11 is 1.62. The predicted molar refractivity (Wildman–Crippen MR) is 53.4 cm³/mol. The van der Waals surface area contributed by atoms with Gasteiger partial charge in [-0.3, -0.25) is 4.98 Å². The van der Waals surface area contributed by atoms with Crippen molar-refractivity contribution in [1.82, 2.24) is 4.98 Å². The van der Waals surface area contributed by atoms with Crippen LogP contribution in [0.5, 0.6) is 11.5 Å². The van der Waals surface area contributed by atoms with Crippen LogP contribution in [0.3, 0.4) is 0 Å². The van der Waals surface area contributed by atoms with Gasteiger partial charge in [0.05, 0.1) is 5.69 Å². The Hall–Kier alpha value is -1.35. The Morgan fingerprint density at radius 3 is 3.00 bits per heavy atom. The molecule has 0 fully saturated rings. The van der Waals surface area contributed by atoms with Crippen LogP contribution >= 0.6 is 11.3 Å². The third-order valence-electron chi connectivity index (χ3n) is 1.68. The molecule has 2 nitrogen and oxygen atoms in total. The quantitative estimate of drug-likeness (QED) is 0.727. The largest absolute Gasteiger partial charge is 0.455 e. The summed E-state index contributed by atoms with van der Waals surface area (Å²) < 4.78 is 5.60. The molecule has 0 saturated carbocycles. The third kappa shape index (κ3) is 1.87. The third-order valence-corrected chi connectivity index (χ3v) is 2.34. The number of rotatable bonds is 2. The Bertz CT molecular complexity index is 384. The van der Waals surface area contributed by atoms with Gasteiger partial charge in [0.2, 0.25) is 0 Å². The van der Waals surface area contributed by atoms with Crippen LogP contribution in [0.1, 0.15) is 5.69 Å². The van der Waals surface area contributed by atoms with Crippen LogP contribution in [0, 0.1) is 6.92 Å². The van der Waals surface area contributed by atoms with Gasteiger partial charge in [0.1, 0.15) is 11.5 Å². The van der Waals surface area contributed by atoms with Gasteiger partial charge in [0.15, 0.2) is 0 Å². The summed E-state index contributed by atoms with van der Waals surface area (Å²) in [5.74, 6) is 1.70. The molecule has 2 aromatic heterocycles. The van der Waals surface area contributed by atoms with Gasteiger partial charge in [0.25, 0.3) is 0 Å². The molecule has 0 atom stereocenters. The second-order valence-electron chi connectivity index (χ2n) is 2.65. The summed E-state index contributed by atoms with van der Waals surface area (Å²) in [5.41, 5.74) is 0.911. The van der Waals surface area contributed by atoms with E-state index in [-0.39, 0.29) is 0 Å². The summed E-state index contributed by atoms with van der Waals surface area (Å²) in [6, 6.07) is 5.73. The van der Waals surface area contributed by atoms with Gasteiger partial charge in [-0.1, -0.05) is 0 Å². The average molecular weight is 191 g/mol. The second kappa shape index (κ2) is 3.58. The van der Waals surface area contributed by atoms with Crippen LogP contribution < -0.4 is 4.74 Å². The maximum Gasteiger partial charge on any atom is 0.148 e. The SMILES string of the molecule is Cc1ncccc1Oc1ccsc1. The van der Waals surface area contributed by atoms with Crippen LogP contribution in [-0.4, -0.2) is 4.98 Å². The van der Waals surface area contributed by atoms with Crippen molar-refractivity contribution in [3.05, 3.63) is 40.8 Å². The molecule has 0 aromatic carbocycles. The van der Waals surface area contributed by atoms with Gasteiger partial charge in [-0.25, -0.2) is 0 Å². The van der Waals surface area contributed by atoms with E-state index >= 15 is 0 Å². The highest BCUT2D eigenvalue weighted by atomic mass is 32.1. The van der Waals surface area contributed by atoms with Gasteiger partial charge in [-0.15, -0.1) is 11.3 Å². The van der Waals surface area contributed by atoms with Crippen molar-refractivity contribution in [3.8, 4) is 11.5 Å². The zero-order chi connectivity index (χ0) is 9.10. The Balaban J connectivity index is 2.24. The van der Waals surface area contributed by atoms with Crippen molar-refractivity contribution in [2.75, 3.05) is 0 Å². The zero-order valence-electron chi connectivity index (χ0n) is 7.23. The van der Waals surface area contributed by atoms with Gasteiger partial charge in [-0.05, 0) is 30.5 Å². The van der Waals surface area contributed by atoms with Crippen LogP contribution in [0.4, 0.5) is 0 Å². The Kier molecular flexibility index (Phi) is 2.27. The fourth-order valence-corrected chi connectivity index (χ4v) is 1.57. The minimum Gasteiger partial charge on any atom is -0.455 e. The van der Waals surface area contributed by atoms with Crippen molar-refractivity contribution in [1.29, 1.82) is 0 Å². The number of pyridine rings is 1. The first kappa shape index (κ1) is 8.26. The summed E-state index contributed by atoms with van der Waals surface area (Å²) in [6.07, 6.45) is 1.76. The molecule has 2 rings (SSSR count). The Morgan fingerprint density at radius 2 is 2.31 bits per heavy atom. The smallest absolute Gasteiger partial charge is 0.148 e. The molecule has 13 heavy (non-hydrogen) atoms. The molecule has 0 spiro atoms. The lowest BCUT2D eigenvalue weighted by Crippen LogP contribution is -1.87. The summed E-state index contributed by atoms with van der Waals surface area (Å²) in [5, 5.41) is 3.95. The number of aromatic nitrogens is 1. The molecular formula is C10H9NOS. The molecule has 0 bridgehead atoms. The second-order valence-corrected chi connectivity index (χ2v) is 3.43. The fourth-order valence-electron chi connectivity index (χ4n) is 1.01. The molecule has 66 valence electrons. The van der Waals surface area contributed by atoms with Crippen LogP contribution in [-0.2, 0) is 0 Å². The lowest BCUT2D eigenvalue weighted by Gasteiger charge is -2.04. The molecule has 2 heterocycles. The summed E-state index contributed by atoms with van der Waals surface area (Å²) in [6.45, 7) is 1.93. The van der Waals surface area contributed by atoms with E-state index in [0.717, 1.165) is 17.2 Å². The normalized spacial score (nSPS) is 9.92. The van der Waals surface area contributed by atoms with E-state index in [1.54, 1.807) is 17.5 Å². The molecular weight excluding hydrogens is 182 g/mol. The Labute approximate surface area is 80.8 Å². The molecule has 0 N–H and O–H groups in total. The first-order valence-electron chi connectivity index (χ1n) is 3.98. The van der Waals surface area contributed by atoms with E-state index in [1.807, 2.05) is 35.9 Å². The van der Waals surface area contributed by atoms with Crippen molar-refractivity contribution in [3.63, 3.8) is 0 Å². The topological polar surface area (TPSA) is 22.1 Å². The molecule has 0 aliphatic carbocycles. The maximum absolute atomic E-state index is 5.60. The molecule has 0 aliphatic heterocycles. The Morgan fingerprint density at radius 1 is 1.38 bits per heavy atom. The minimum absolute atomic E-state index is 0.820. The van der Waals surface area contributed by atoms with E-state index in [2.05, 4.69) is 4.98 Å². The first-order chi connectivity index (χ1) is 6.36. The molecule has 0 aliphatic rings. The molecule has 3 heteroatoms. The maximum atomic E-state index is 5.60. The van der Waals surface area contributed by atoms with E-state index < -0.39 is 0 Å².